The van der Waals surface area contributed by atoms with Crippen LogP contribution >= 0.6 is 0 Å². The van der Waals surface area contributed by atoms with Crippen LogP contribution in [0.15, 0.2) is 152 Å². The molecule has 0 spiro atoms. The Morgan fingerprint density at radius 2 is 1.02 bits per heavy atom. The number of hydrogen-bond donors (Lipinski definition) is 0. The quantitative estimate of drug-likeness (QED) is 0.173. The number of amides is 2. The van der Waals surface area contributed by atoms with Crippen molar-refractivity contribution in [2.24, 2.45) is 0 Å². The fourth-order valence-electron chi connectivity index (χ4n) is 8.19. The van der Waals surface area contributed by atoms with Gasteiger partial charge in [0.1, 0.15) is 0 Å². The Labute approximate surface area is 296 Å². The van der Waals surface area contributed by atoms with Gasteiger partial charge >= 0.3 is 0 Å². The van der Waals surface area contributed by atoms with Crippen molar-refractivity contribution in [3.63, 3.8) is 0 Å². The maximum Gasteiger partial charge on any atom is 0.268 e. The van der Waals surface area contributed by atoms with Crippen LogP contribution in [0.2, 0.25) is 0 Å². The minimum atomic E-state index is -0.333. The van der Waals surface area contributed by atoms with E-state index in [9.17, 15) is 9.59 Å². The summed E-state index contributed by atoms with van der Waals surface area (Å²) in [6.07, 6.45) is 0. The lowest BCUT2D eigenvalue weighted by atomic mass is 9.92. The highest BCUT2D eigenvalue weighted by Gasteiger charge is 2.40. The fourth-order valence-corrected chi connectivity index (χ4v) is 8.19. The van der Waals surface area contributed by atoms with Gasteiger partial charge in [0.2, 0.25) is 0 Å². The van der Waals surface area contributed by atoms with Gasteiger partial charge in [-0.3, -0.25) is 9.59 Å². The predicted molar refractivity (Wildman–Crippen MR) is 209 cm³/mol. The molecule has 2 amide bonds. The molecule has 8 aromatic rings. The van der Waals surface area contributed by atoms with E-state index in [0.29, 0.717) is 22.5 Å². The number of imide groups is 1. The molecule has 0 saturated heterocycles. The SMILES string of the molecule is Cc1cc(C)c(-c2ccc3c4ccccc4n(-c4cccc5c4C(=O)N(c4cccc(-c6ccccc6)c4-c4ccccc4)C5=O)c3c2)c(C)c1. The zero-order chi connectivity index (χ0) is 34.8. The van der Waals surface area contributed by atoms with E-state index in [0.717, 1.165) is 49.6 Å². The summed E-state index contributed by atoms with van der Waals surface area (Å²) in [5.74, 6) is -0.660. The van der Waals surface area contributed by atoms with Crippen molar-refractivity contribution < 1.29 is 9.59 Å². The Hall–Kier alpha value is -6.52. The Bertz CT molecular complexity index is 2680. The smallest absolute Gasteiger partial charge is 0.268 e. The van der Waals surface area contributed by atoms with Crippen molar-refractivity contribution in [1.82, 2.24) is 4.57 Å². The van der Waals surface area contributed by atoms with Crippen LogP contribution in [-0.2, 0) is 0 Å². The van der Waals surface area contributed by atoms with Gasteiger partial charge < -0.3 is 4.57 Å². The average molecular weight is 659 g/mol. The first-order valence-electron chi connectivity index (χ1n) is 17.3. The van der Waals surface area contributed by atoms with Crippen LogP contribution in [0.4, 0.5) is 5.69 Å². The van der Waals surface area contributed by atoms with Gasteiger partial charge in [-0.15, -0.1) is 0 Å². The third kappa shape index (κ3) is 4.75. The van der Waals surface area contributed by atoms with Gasteiger partial charge in [-0.2, -0.15) is 0 Å². The third-order valence-corrected chi connectivity index (χ3v) is 10.2. The molecule has 0 unspecified atom stereocenters. The number of carbonyl (C=O) groups excluding carboxylic acids is 2. The van der Waals surface area contributed by atoms with Crippen LogP contribution in [0, 0.1) is 20.8 Å². The van der Waals surface area contributed by atoms with Crippen LogP contribution in [0.5, 0.6) is 0 Å². The van der Waals surface area contributed by atoms with Crippen LogP contribution in [0.3, 0.4) is 0 Å². The zero-order valence-corrected chi connectivity index (χ0v) is 28.6. The predicted octanol–water partition coefficient (Wildman–Crippen LogP) is 11.5. The highest BCUT2D eigenvalue weighted by Crippen LogP contribution is 2.44. The Morgan fingerprint density at radius 1 is 0.412 bits per heavy atom. The van der Waals surface area contributed by atoms with Gasteiger partial charge in [-0.05, 0) is 90.0 Å². The Morgan fingerprint density at radius 3 is 1.75 bits per heavy atom. The van der Waals surface area contributed by atoms with Crippen LogP contribution in [0.1, 0.15) is 37.4 Å². The number of nitrogens with zero attached hydrogens (tertiary/aromatic N) is 2. The fraction of sp³-hybridized carbons (Fsp3) is 0.0638. The molecule has 0 bridgehead atoms. The molecule has 0 saturated carbocycles. The summed E-state index contributed by atoms with van der Waals surface area (Å²) >= 11 is 0. The van der Waals surface area contributed by atoms with E-state index in [-0.39, 0.29) is 11.8 Å². The van der Waals surface area contributed by atoms with E-state index < -0.39 is 0 Å². The molecule has 4 nitrogen and oxygen atoms in total. The van der Waals surface area contributed by atoms with Crippen LogP contribution in [0.25, 0.3) is 60.9 Å². The molecule has 1 aliphatic rings. The van der Waals surface area contributed by atoms with E-state index >= 15 is 0 Å². The number of hydrogen-bond acceptors (Lipinski definition) is 2. The van der Waals surface area contributed by atoms with Gasteiger partial charge in [-0.1, -0.05) is 127 Å². The molecule has 244 valence electrons. The molecule has 4 heteroatoms. The van der Waals surface area contributed by atoms with E-state index in [4.69, 9.17) is 0 Å². The summed E-state index contributed by atoms with van der Waals surface area (Å²) in [5, 5.41) is 2.18. The molecule has 0 fully saturated rings. The summed E-state index contributed by atoms with van der Waals surface area (Å²) in [6.45, 7) is 6.45. The molecule has 0 radical (unpaired) electrons. The molecule has 0 aliphatic carbocycles. The minimum absolute atomic E-state index is 0.327. The molecule has 1 aromatic heterocycles. The molecule has 51 heavy (non-hydrogen) atoms. The summed E-state index contributed by atoms with van der Waals surface area (Å²) in [4.78, 5) is 30.8. The monoisotopic (exact) mass is 658 g/mol. The summed E-state index contributed by atoms with van der Waals surface area (Å²) < 4.78 is 2.17. The number of para-hydroxylation sites is 1. The number of aryl methyl sites for hydroxylation is 3. The molecule has 9 rings (SSSR count). The number of benzene rings is 7. The first-order valence-corrected chi connectivity index (χ1v) is 17.3. The molecule has 7 aromatic carbocycles. The molecular weight excluding hydrogens is 625 g/mol. The van der Waals surface area contributed by atoms with Crippen LogP contribution in [-0.4, -0.2) is 16.4 Å². The second-order valence-corrected chi connectivity index (χ2v) is 13.4. The van der Waals surface area contributed by atoms with Gasteiger partial charge in [0, 0.05) is 16.3 Å². The number of fused-ring (bicyclic) bond motifs is 4. The summed E-state index contributed by atoms with van der Waals surface area (Å²) in [7, 11) is 0. The lowest BCUT2D eigenvalue weighted by molar-refractivity contribution is 0.0926. The van der Waals surface area contributed by atoms with Crippen molar-refractivity contribution >= 4 is 39.3 Å². The number of anilines is 1. The van der Waals surface area contributed by atoms with Gasteiger partial charge in [0.25, 0.3) is 11.8 Å². The summed E-state index contributed by atoms with van der Waals surface area (Å²) in [5.41, 5.74) is 13.7. The highest BCUT2D eigenvalue weighted by atomic mass is 16.2. The molecule has 2 heterocycles. The van der Waals surface area contributed by atoms with E-state index in [1.165, 1.54) is 27.2 Å². The van der Waals surface area contributed by atoms with Crippen LogP contribution < -0.4 is 4.90 Å². The van der Waals surface area contributed by atoms with Crippen molar-refractivity contribution in [1.29, 1.82) is 0 Å². The zero-order valence-electron chi connectivity index (χ0n) is 28.6. The highest BCUT2D eigenvalue weighted by molar-refractivity contribution is 6.36. The van der Waals surface area contributed by atoms with E-state index in [1.54, 1.807) is 6.07 Å². The molecule has 0 N–H and O–H groups in total. The lowest BCUT2D eigenvalue weighted by Crippen LogP contribution is -2.30. The maximum absolute atomic E-state index is 14.9. The van der Waals surface area contributed by atoms with E-state index in [2.05, 4.69) is 86.0 Å². The van der Waals surface area contributed by atoms with Crippen molar-refractivity contribution in [3.05, 3.63) is 179 Å². The Kier molecular flexibility index (Phi) is 7.08. The lowest BCUT2D eigenvalue weighted by Gasteiger charge is -2.22. The second kappa shape index (κ2) is 11.8. The van der Waals surface area contributed by atoms with Crippen molar-refractivity contribution in [2.75, 3.05) is 4.90 Å². The molecule has 1 aliphatic heterocycles. The van der Waals surface area contributed by atoms with Crippen molar-refractivity contribution in [2.45, 2.75) is 20.8 Å². The number of carbonyl (C=O) groups is 2. The first-order chi connectivity index (χ1) is 24.9. The maximum atomic E-state index is 14.9. The Balaban J connectivity index is 1.27. The normalized spacial score (nSPS) is 12.6. The van der Waals surface area contributed by atoms with Gasteiger partial charge in [-0.25, -0.2) is 4.90 Å². The van der Waals surface area contributed by atoms with Gasteiger partial charge in [0.05, 0.1) is 33.5 Å². The van der Waals surface area contributed by atoms with E-state index in [1.807, 2.05) is 84.9 Å². The molecule has 0 atom stereocenters. The first kappa shape index (κ1) is 30.5. The standard InChI is InChI=1S/C47H34N2O2/c1-29-26-30(2)43(31(3)27-29)34-24-25-37-36-18-10-11-21-39(36)48(42(37)28-34)41-23-13-20-38-45(41)47(51)49(46(38)50)40-22-12-19-35(32-14-6-4-7-15-32)44(40)33-16-8-5-9-17-33/h4-28H,1-3H3. The topological polar surface area (TPSA) is 42.3 Å². The average Bonchev–Trinajstić information content (AvgIpc) is 3.61. The second-order valence-electron chi connectivity index (χ2n) is 13.4. The third-order valence-electron chi connectivity index (χ3n) is 10.2. The summed E-state index contributed by atoms with van der Waals surface area (Å²) in [6, 6.07) is 51.0. The van der Waals surface area contributed by atoms with Crippen molar-refractivity contribution in [3.8, 4) is 39.1 Å². The minimum Gasteiger partial charge on any atom is -0.308 e. The number of aromatic nitrogens is 1. The molecular formula is C47H34N2O2. The van der Waals surface area contributed by atoms with Gasteiger partial charge in [0.15, 0.2) is 0 Å². The number of rotatable bonds is 5. The largest absolute Gasteiger partial charge is 0.308 e.